The van der Waals surface area contributed by atoms with Crippen molar-refractivity contribution in [3.05, 3.63) is 58.9 Å². The molecule has 4 nitrogen and oxygen atoms in total. The number of carbonyl (C=O) groups is 2. The summed E-state index contributed by atoms with van der Waals surface area (Å²) in [5.74, 6) is -0.858. The molecule has 0 heterocycles. The predicted molar refractivity (Wildman–Crippen MR) is 86.6 cm³/mol. The normalized spacial score (nSPS) is 11.7. The summed E-state index contributed by atoms with van der Waals surface area (Å²) >= 11 is 5.66. The lowest BCUT2D eigenvalue weighted by atomic mass is 10.1. The van der Waals surface area contributed by atoms with Crippen molar-refractivity contribution in [3.8, 4) is 5.75 Å². The first-order chi connectivity index (χ1) is 10.9. The first kappa shape index (κ1) is 17.0. The summed E-state index contributed by atoms with van der Waals surface area (Å²) in [6, 6.07) is 10.5. The maximum atomic E-state index is 13.7. The highest BCUT2D eigenvalue weighted by atomic mass is 35.5. The molecule has 0 aliphatic rings. The lowest BCUT2D eigenvalue weighted by Crippen LogP contribution is -2.30. The van der Waals surface area contributed by atoms with E-state index in [0.29, 0.717) is 11.3 Å². The SMILES string of the molecule is CC(=O)c1cccc(O[C@@H](C)C(=O)Nc2ccc(Cl)cc2F)c1. The minimum atomic E-state index is -0.868. The summed E-state index contributed by atoms with van der Waals surface area (Å²) in [6.45, 7) is 2.97. The van der Waals surface area contributed by atoms with Crippen LogP contribution in [0.2, 0.25) is 5.02 Å². The zero-order valence-electron chi connectivity index (χ0n) is 12.6. The molecule has 6 heteroatoms. The van der Waals surface area contributed by atoms with Gasteiger partial charge in [0.05, 0.1) is 5.69 Å². The van der Waals surface area contributed by atoms with Crippen LogP contribution in [0.15, 0.2) is 42.5 Å². The van der Waals surface area contributed by atoms with Crippen LogP contribution < -0.4 is 10.1 Å². The van der Waals surface area contributed by atoms with E-state index in [0.717, 1.165) is 6.07 Å². The number of ether oxygens (including phenoxy) is 1. The van der Waals surface area contributed by atoms with Gasteiger partial charge in [0, 0.05) is 10.6 Å². The van der Waals surface area contributed by atoms with Gasteiger partial charge in [0.15, 0.2) is 11.9 Å². The van der Waals surface area contributed by atoms with E-state index >= 15 is 0 Å². The zero-order chi connectivity index (χ0) is 17.0. The van der Waals surface area contributed by atoms with Crippen LogP contribution in [0.5, 0.6) is 5.75 Å². The maximum Gasteiger partial charge on any atom is 0.265 e. The van der Waals surface area contributed by atoms with Gasteiger partial charge in [-0.05, 0) is 44.2 Å². The first-order valence-corrected chi connectivity index (χ1v) is 7.28. The maximum absolute atomic E-state index is 13.7. The van der Waals surface area contributed by atoms with Gasteiger partial charge >= 0.3 is 0 Å². The van der Waals surface area contributed by atoms with E-state index in [1.807, 2.05) is 0 Å². The second-order valence-corrected chi connectivity index (χ2v) is 5.39. The van der Waals surface area contributed by atoms with Crippen molar-refractivity contribution in [2.24, 2.45) is 0 Å². The number of hydrogen-bond acceptors (Lipinski definition) is 3. The molecule has 0 unspecified atom stereocenters. The molecule has 0 fully saturated rings. The quantitative estimate of drug-likeness (QED) is 0.837. The van der Waals surface area contributed by atoms with Crippen LogP contribution in [0.25, 0.3) is 0 Å². The van der Waals surface area contributed by atoms with Gasteiger partial charge in [-0.3, -0.25) is 9.59 Å². The van der Waals surface area contributed by atoms with Gasteiger partial charge in [0.25, 0.3) is 5.91 Å². The van der Waals surface area contributed by atoms with Gasteiger partial charge in [-0.1, -0.05) is 23.7 Å². The van der Waals surface area contributed by atoms with Crippen molar-refractivity contribution in [2.45, 2.75) is 20.0 Å². The van der Waals surface area contributed by atoms with Crippen LogP contribution in [-0.2, 0) is 4.79 Å². The van der Waals surface area contributed by atoms with Gasteiger partial charge in [-0.25, -0.2) is 4.39 Å². The van der Waals surface area contributed by atoms with Crippen LogP contribution in [0, 0.1) is 5.82 Å². The molecule has 0 bridgehead atoms. The van der Waals surface area contributed by atoms with Gasteiger partial charge < -0.3 is 10.1 Å². The number of anilines is 1. The number of amides is 1. The van der Waals surface area contributed by atoms with Crippen LogP contribution in [0.1, 0.15) is 24.2 Å². The highest BCUT2D eigenvalue weighted by Crippen LogP contribution is 2.20. The van der Waals surface area contributed by atoms with Crippen LogP contribution >= 0.6 is 11.6 Å². The number of benzene rings is 2. The van der Waals surface area contributed by atoms with E-state index < -0.39 is 17.8 Å². The lowest BCUT2D eigenvalue weighted by molar-refractivity contribution is -0.122. The Bertz CT molecular complexity index is 748. The predicted octanol–water partition coefficient (Wildman–Crippen LogP) is 4.09. The molecule has 120 valence electrons. The highest BCUT2D eigenvalue weighted by molar-refractivity contribution is 6.30. The Kier molecular flexibility index (Phi) is 5.34. The van der Waals surface area contributed by atoms with E-state index in [4.69, 9.17) is 16.3 Å². The Morgan fingerprint density at radius 3 is 2.61 bits per heavy atom. The minimum Gasteiger partial charge on any atom is -0.481 e. The average molecular weight is 336 g/mol. The van der Waals surface area contributed by atoms with Crippen molar-refractivity contribution < 1.29 is 18.7 Å². The molecule has 0 aliphatic heterocycles. The molecule has 0 saturated carbocycles. The van der Waals surface area contributed by atoms with Gasteiger partial charge in [0.1, 0.15) is 11.6 Å². The number of hydrogen-bond donors (Lipinski definition) is 1. The summed E-state index contributed by atoms with van der Waals surface area (Å²) in [5.41, 5.74) is 0.506. The lowest BCUT2D eigenvalue weighted by Gasteiger charge is -2.15. The fourth-order valence-corrected chi connectivity index (χ4v) is 2.03. The van der Waals surface area contributed by atoms with Gasteiger partial charge in [-0.15, -0.1) is 0 Å². The second kappa shape index (κ2) is 7.24. The monoisotopic (exact) mass is 335 g/mol. The molecule has 0 radical (unpaired) electrons. The number of halogens is 2. The minimum absolute atomic E-state index is 0.0207. The molecule has 23 heavy (non-hydrogen) atoms. The number of rotatable bonds is 5. The molecule has 2 aromatic carbocycles. The third-order valence-electron chi connectivity index (χ3n) is 3.11. The number of nitrogens with one attached hydrogen (secondary N) is 1. The summed E-state index contributed by atoms with van der Waals surface area (Å²) in [4.78, 5) is 23.4. The molecule has 0 aliphatic carbocycles. The summed E-state index contributed by atoms with van der Waals surface area (Å²) in [5, 5.41) is 2.67. The highest BCUT2D eigenvalue weighted by Gasteiger charge is 2.17. The summed E-state index contributed by atoms with van der Waals surface area (Å²) in [6.07, 6.45) is -0.868. The molecule has 0 saturated heterocycles. The fourth-order valence-electron chi connectivity index (χ4n) is 1.87. The van der Waals surface area contributed by atoms with Crippen LogP contribution in [0.4, 0.5) is 10.1 Å². The Morgan fingerprint density at radius 1 is 1.22 bits per heavy atom. The van der Waals surface area contributed by atoms with Crippen molar-refractivity contribution in [2.75, 3.05) is 5.32 Å². The van der Waals surface area contributed by atoms with Crippen molar-refractivity contribution in [1.82, 2.24) is 0 Å². The summed E-state index contributed by atoms with van der Waals surface area (Å²) in [7, 11) is 0. The van der Waals surface area contributed by atoms with E-state index in [-0.39, 0.29) is 16.5 Å². The Morgan fingerprint density at radius 2 is 1.96 bits per heavy atom. The zero-order valence-corrected chi connectivity index (χ0v) is 13.4. The molecule has 0 spiro atoms. The van der Waals surface area contributed by atoms with Crippen molar-refractivity contribution >= 4 is 29.0 Å². The first-order valence-electron chi connectivity index (χ1n) is 6.90. The Balaban J connectivity index is 2.05. The molecule has 1 amide bonds. The molecule has 2 aromatic rings. The molecular weight excluding hydrogens is 321 g/mol. The smallest absolute Gasteiger partial charge is 0.265 e. The molecule has 1 N–H and O–H groups in total. The standard InChI is InChI=1S/C17H15ClFNO3/c1-10(21)12-4-3-5-14(8-12)23-11(2)17(22)20-16-7-6-13(18)9-15(16)19/h3-9,11H,1-2H3,(H,20,22)/t11-/m0/s1. The topological polar surface area (TPSA) is 55.4 Å². The van der Waals surface area contributed by atoms with E-state index in [9.17, 15) is 14.0 Å². The summed E-state index contributed by atoms with van der Waals surface area (Å²) < 4.78 is 19.2. The Labute approximate surface area is 138 Å². The van der Waals surface area contributed by atoms with Crippen molar-refractivity contribution in [3.63, 3.8) is 0 Å². The number of Topliss-reactive ketones (excluding diaryl/α,β-unsaturated/α-hetero) is 1. The Hall–Kier alpha value is -2.40. The van der Waals surface area contributed by atoms with E-state index in [1.54, 1.807) is 24.3 Å². The van der Waals surface area contributed by atoms with Gasteiger partial charge in [-0.2, -0.15) is 0 Å². The molecule has 2 rings (SSSR count). The number of ketones is 1. The third kappa shape index (κ3) is 4.53. The van der Waals surface area contributed by atoms with Gasteiger partial charge in [0.2, 0.25) is 0 Å². The largest absolute Gasteiger partial charge is 0.481 e. The van der Waals surface area contributed by atoms with Crippen LogP contribution in [0.3, 0.4) is 0 Å². The molecule has 0 aromatic heterocycles. The van der Waals surface area contributed by atoms with Crippen LogP contribution in [-0.4, -0.2) is 17.8 Å². The molecule has 1 atom stereocenters. The van der Waals surface area contributed by atoms with Crippen molar-refractivity contribution in [1.29, 1.82) is 0 Å². The van der Waals surface area contributed by atoms with E-state index in [2.05, 4.69) is 5.32 Å². The van der Waals surface area contributed by atoms with E-state index in [1.165, 1.54) is 26.0 Å². The fraction of sp³-hybridized carbons (Fsp3) is 0.176. The third-order valence-corrected chi connectivity index (χ3v) is 3.35. The second-order valence-electron chi connectivity index (χ2n) is 4.96. The number of carbonyl (C=O) groups excluding carboxylic acids is 2. The average Bonchev–Trinajstić information content (AvgIpc) is 2.50. The molecular formula is C17H15ClFNO3.